The van der Waals surface area contributed by atoms with Crippen LogP contribution in [0.25, 0.3) is 0 Å². The molecule has 3 aliphatic heterocycles. The van der Waals surface area contributed by atoms with Crippen molar-refractivity contribution in [3.63, 3.8) is 0 Å². The topological polar surface area (TPSA) is 208 Å². The van der Waals surface area contributed by atoms with Gasteiger partial charge >= 0.3 is 0 Å². The Hall–Kier alpha value is -0.520. The molecule has 13 heteroatoms. The molecule has 8 N–H and O–H groups in total. The monoisotopic (exact) mass is 414 g/mol. The van der Waals surface area contributed by atoms with Crippen LogP contribution in [0.4, 0.5) is 0 Å². The molecule has 3 fully saturated rings. The van der Waals surface area contributed by atoms with Crippen LogP contribution >= 0.6 is 0 Å². The molecule has 0 amide bonds. The van der Waals surface area contributed by atoms with Crippen molar-refractivity contribution in [2.45, 2.75) is 73.8 Å². The molecule has 0 aromatic heterocycles. The van der Waals surface area contributed by atoms with Gasteiger partial charge in [-0.1, -0.05) is 0 Å². The highest BCUT2D eigenvalue weighted by molar-refractivity contribution is 4.92. The zero-order chi connectivity index (χ0) is 20.6. The number of rotatable bonds is 7. The molecular formula is C15H26O13. The number of hydrogen-bond acceptors (Lipinski definition) is 13. The lowest BCUT2D eigenvalue weighted by atomic mass is 10.1. The van der Waals surface area contributed by atoms with Crippen LogP contribution in [0.15, 0.2) is 0 Å². The van der Waals surface area contributed by atoms with Gasteiger partial charge in [-0.05, 0) is 0 Å². The third-order valence-corrected chi connectivity index (χ3v) is 5.03. The molecule has 3 saturated heterocycles. The van der Waals surface area contributed by atoms with E-state index in [1.165, 1.54) is 0 Å². The Morgan fingerprint density at radius 2 is 1.14 bits per heavy atom. The van der Waals surface area contributed by atoms with Crippen LogP contribution in [0.2, 0.25) is 0 Å². The minimum atomic E-state index is -1.62. The van der Waals surface area contributed by atoms with Crippen LogP contribution in [0.5, 0.6) is 0 Å². The molecule has 164 valence electrons. The fourth-order valence-electron chi connectivity index (χ4n) is 3.33. The van der Waals surface area contributed by atoms with Gasteiger partial charge in [-0.2, -0.15) is 0 Å². The van der Waals surface area contributed by atoms with Crippen molar-refractivity contribution < 1.29 is 64.5 Å². The first-order valence-corrected chi connectivity index (χ1v) is 8.82. The summed E-state index contributed by atoms with van der Waals surface area (Å²) in [6.45, 7) is -1.45. The Bertz CT molecular complexity index is 508. The first-order valence-electron chi connectivity index (χ1n) is 8.82. The summed E-state index contributed by atoms with van der Waals surface area (Å²) in [5.74, 6) is 0. The van der Waals surface area contributed by atoms with E-state index < -0.39 is 87.0 Å². The van der Waals surface area contributed by atoms with Crippen molar-refractivity contribution in [1.82, 2.24) is 0 Å². The Labute approximate surface area is 159 Å². The van der Waals surface area contributed by atoms with Gasteiger partial charge < -0.3 is 64.5 Å². The lowest BCUT2D eigenvalue weighted by molar-refractivity contribution is -0.236. The van der Waals surface area contributed by atoms with Gasteiger partial charge in [0.05, 0.1) is 19.8 Å². The summed E-state index contributed by atoms with van der Waals surface area (Å²) in [7, 11) is 0. The fraction of sp³-hybridized carbons (Fsp3) is 1.00. The second-order valence-electron chi connectivity index (χ2n) is 6.90. The quantitative estimate of drug-likeness (QED) is 0.196. The summed E-state index contributed by atoms with van der Waals surface area (Å²) in [4.78, 5) is 0. The molecule has 12 atom stereocenters. The van der Waals surface area contributed by atoms with Gasteiger partial charge in [0, 0.05) is 0 Å². The third-order valence-electron chi connectivity index (χ3n) is 5.03. The molecule has 28 heavy (non-hydrogen) atoms. The van der Waals surface area contributed by atoms with Crippen LogP contribution in [0, 0.1) is 0 Å². The van der Waals surface area contributed by atoms with Gasteiger partial charge in [-0.15, -0.1) is 0 Å². The molecule has 0 unspecified atom stereocenters. The van der Waals surface area contributed by atoms with Crippen molar-refractivity contribution in [2.75, 3.05) is 19.8 Å². The number of ether oxygens (including phenoxy) is 5. The summed E-state index contributed by atoms with van der Waals surface area (Å²) in [6, 6.07) is 0. The van der Waals surface area contributed by atoms with Crippen molar-refractivity contribution in [2.24, 2.45) is 0 Å². The van der Waals surface area contributed by atoms with Crippen LogP contribution in [-0.2, 0) is 23.7 Å². The highest BCUT2D eigenvalue weighted by Gasteiger charge is 2.51. The fourth-order valence-corrected chi connectivity index (χ4v) is 3.33. The lowest BCUT2D eigenvalue weighted by Crippen LogP contribution is -2.43. The first kappa shape index (κ1) is 22.2. The zero-order valence-electron chi connectivity index (χ0n) is 14.7. The van der Waals surface area contributed by atoms with E-state index >= 15 is 0 Å². The van der Waals surface area contributed by atoms with E-state index in [0.29, 0.717) is 0 Å². The SMILES string of the molecule is OC[C@@H]1O[C@@H](OC[C@@H]2O[C@@H](O)[C@H](O[C@@H]3O[C@@H](CO)[C@H](O)[C@H]3O)[C@H]2O)[C@H](O)[C@H]1O. The van der Waals surface area contributed by atoms with Gasteiger partial charge in [0.2, 0.25) is 0 Å². The molecule has 0 aliphatic carbocycles. The molecule has 3 aliphatic rings. The first-order chi connectivity index (χ1) is 13.3. The predicted octanol–water partition coefficient (Wildman–Crippen LogP) is -5.66. The van der Waals surface area contributed by atoms with E-state index in [-0.39, 0.29) is 6.61 Å². The van der Waals surface area contributed by atoms with Crippen molar-refractivity contribution >= 4 is 0 Å². The average Bonchev–Trinajstić information content (AvgIpc) is 3.22. The molecule has 0 radical (unpaired) electrons. The van der Waals surface area contributed by atoms with Crippen molar-refractivity contribution in [1.29, 1.82) is 0 Å². The lowest BCUT2D eigenvalue weighted by Gasteiger charge is -2.24. The largest absolute Gasteiger partial charge is 0.394 e. The van der Waals surface area contributed by atoms with Crippen molar-refractivity contribution in [3.8, 4) is 0 Å². The van der Waals surface area contributed by atoms with Crippen molar-refractivity contribution in [3.05, 3.63) is 0 Å². The average molecular weight is 414 g/mol. The van der Waals surface area contributed by atoms with Gasteiger partial charge in [-0.3, -0.25) is 0 Å². The normalized spacial score (nSPS) is 51.9. The van der Waals surface area contributed by atoms with Gasteiger partial charge in [0.1, 0.15) is 54.9 Å². The predicted molar refractivity (Wildman–Crippen MR) is 83.2 cm³/mol. The molecule has 3 heterocycles. The number of aliphatic hydroxyl groups is 8. The summed E-state index contributed by atoms with van der Waals surface area (Å²) in [5, 5.41) is 77.5. The van der Waals surface area contributed by atoms with Gasteiger partial charge in [-0.25, -0.2) is 0 Å². The number of hydrogen-bond donors (Lipinski definition) is 8. The maximum absolute atomic E-state index is 10.3. The summed E-state index contributed by atoms with van der Waals surface area (Å²) in [6.07, 6.45) is -16.0. The Kier molecular flexibility index (Phi) is 7.20. The number of aliphatic hydroxyl groups excluding tert-OH is 8. The Morgan fingerprint density at radius 1 is 0.607 bits per heavy atom. The Balaban J connectivity index is 1.52. The highest BCUT2D eigenvalue weighted by atomic mass is 16.8. The molecule has 0 saturated carbocycles. The third kappa shape index (κ3) is 4.17. The van der Waals surface area contributed by atoms with Crippen LogP contribution in [0.1, 0.15) is 0 Å². The summed E-state index contributed by atoms with van der Waals surface area (Å²) < 4.78 is 26.0. The zero-order valence-corrected chi connectivity index (χ0v) is 14.7. The van der Waals surface area contributed by atoms with E-state index in [1.807, 2.05) is 0 Å². The molecule has 0 aromatic carbocycles. The maximum atomic E-state index is 10.3. The standard InChI is InChI=1S/C15H26O13/c16-1-4-7(18)10(21)14(26-4)24-3-6-9(20)12(13(23)25-6)28-15-11(22)8(19)5(2-17)27-15/h4-23H,1-3H2/t4-,5-,6-,7-,8-,9-,10+,11+,12+,13+,14+,15-/m0/s1. The minimum Gasteiger partial charge on any atom is -0.394 e. The maximum Gasteiger partial charge on any atom is 0.187 e. The van der Waals surface area contributed by atoms with Crippen LogP contribution < -0.4 is 0 Å². The molecule has 0 aromatic rings. The summed E-state index contributed by atoms with van der Waals surface area (Å²) in [5.41, 5.74) is 0. The van der Waals surface area contributed by atoms with Gasteiger partial charge in [0.25, 0.3) is 0 Å². The summed E-state index contributed by atoms with van der Waals surface area (Å²) >= 11 is 0. The molecule has 0 spiro atoms. The van der Waals surface area contributed by atoms with E-state index in [2.05, 4.69) is 0 Å². The second kappa shape index (κ2) is 9.09. The van der Waals surface area contributed by atoms with E-state index in [1.54, 1.807) is 0 Å². The molecule has 3 rings (SSSR count). The minimum absolute atomic E-state index is 0.360. The smallest absolute Gasteiger partial charge is 0.187 e. The van der Waals surface area contributed by atoms with E-state index in [9.17, 15) is 30.6 Å². The molecule has 0 bridgehead atoms. The second-order valence-corrected chi connectivity index (χ2v) is 6.90. The Morgan fingerprint density at radius 3 is 1.68 bits per heavy atom. The molecule has 13 nitrogen and oxygen atoms in total. The molecular weight excluding hydrogens is 388 g/mol. The van der Waals surface area contributed by atoms with Gasteiger partial charge in [0.15, 0.2) is 18.9 Å². The van der Waals surface area contributed by atoms with Crippen LogP contribution in [0.3, 0.4) is 0 Å². The van der Waals surface area contributed by atoms with E-state index in [4.69, 9.17) is 33.9 Å². The van der Waals surface area contributed by atoms with E-state index in [0.717, 1.165) is 0 Å². The highest BCUT2D eigenvalue weighted by Crippen LogP contribution is 2.30. The van der Waals surface area contributed by atoms with Crippen LogP contribution in [-0.4, -0.2) is 134 Å².